The van der Waals surface area contributed by atoms with Gasteiger partial charge in [0.2, 0.25) is 5.88 Å². The molecule has 3 rings (SSSR count). The SMILES string of the molecule is CCOC(=O)c1c(-c2cnn(S(C)(=O)=O)c2)nn2c1O[C@H](C)CC2. The number of hydrogen-bond acceptors (Lipinski definition) is 7. The van der Waals surface area contributed by atoms with Crippen LogP contribution in [0.5, 0.6) is 5.88 Å². The quantitative estimate of drug-likeness (QED) is 0.751. The van der Waals surface area contributed by atoms with E-state index in [9.17, 15) is 13.2 Å². The Kier molecular flexibility index (Phi) is 4.08. The first kappa shape index (κ1) is 16.5. The number of ether oxygens (including phenoxy) is 2. The van der Waals surface area contributed by atoms with Gasteiger partial charge in [-0.15, -0.1) is 0 Å². The van der Waals surface area contributed by atoms with Crippen molar-refractivity contribution in [2.75, 3.05) is 12.9 Å². The summed E-state index contributed by atoms with van der Waals surface area (Å²) in [7, 11) is -3.52. The molecule has 1 aliphatic heterocycles. The van der Waals surface area contributed by atoms with Crippen LogP contribution in [-0.2, 0) is 21.3 Å². The van der Waals surface area contributed by atoms with Gasteiger partial charge in [-0.25, -0.2) is 17.9 Å². The van der Waals surface area contributed by atoms with Crippen LogP contribution in [0, 0.1) is 0 Å². The van der Waals surface area contributed by atoms with Crippen molar-refractivity contribution >= 4 is 16.0 Å². The summed E-state index contributed by atoms with van der Waals surface area (Å²) < 4.78 is 36.5. The topological polar surface area (TPSA) is 105 Å². The van der Waals surface area contributed by atoms with E-state index in [1.54, 1.807) is 11.6 Å². The van der Waals surface area contributed by atoms with Crippen molar-refractivity contribution in [1.82, 2.24) is 19.0 Å². The number of esters is 1. The molecule has 3 heterocycles. The van der Waals surface area contributed by atoms with E-state index in [1.165, 1.54) is 12.4 Å². The molecule has 9 nitrogen and oxygen atoms in total. The van der Waals surface area contributed by atoms with E-state index in [0.29, 0.717) is 23.7 Å². The fraction of sp³-hybridized carbons (Fsp3) is 0.500. The van der Waals surface area contributed by atoms with Crippen molar-refractivity contribution in [3.8, 4) is 17.1 Å². The molecule has 0 saturated heterocycles. The van der Waals surface area contributed by atoms with E-state index >= 15 is 0 Å². The molecule has 2 aromatic heterocycles. The van der Waals surface area contributed by atoms with Crippen molar-refractivity contribution in [1.29, 1.82) is 0 Å². The van der Waals surface area contributed by atoms with Crippen LogP contribution < -0.4 is 4.74 Å². The highest BCUT2D eigenvalue weighted by molar-refractivity contribution is 7.89. The van der Waals surface area contributed by atoms with Gasteiger partial charge >= 0.3 is 5.97 Å². The fourth-order valence-electron chi connectivity index (χ4n) is 2.47. The molecule has 0 fully saturated rings. The third-order valence-electron chi connectivity index (χ3n) is 3.62. The predicted octanol–water partition coefficient (Wildman–Crippen LogP) is 0.902. The standard InChI is InChI=1S/C14H18N4O5S/c1-4-22-14(19)11-12(10-7-15-18(8-10)24(3,20)21)16-17-6-5-9(2)23-13(11)17/h7-9H,4-6H2,1-3H3/t9-/m1/s1. The normalized spacial score (nSPS) is 17.2. The van der Waals surface area contributed by atoms with E-state index in [2.05, 4.69) is 10.2 Å². The van der Waals surface area contributed by atoms with E-state index in [1.807, 2.05) is 6.92 Å². The van der Waals surface area contributed by atoms with E-state index < -0.39 is 16.0 Å². The summed E-state index contributed by atoms with van der Waals surface area (Å²) in [5.74, 6) is -0.218. The van der Waals surface area contributed by atoms with Gasteiger partial charge in [-0.05, 0) is 13.8 Å². The number of rotatable bonds is 4. The van der Waals surface area contributed by atoms with Gasteiger partial charge in [0.05, 0.1) is 31.4 Å². The first-order chi connectivity index (χ1) is 11.3. The molecule has 24 heavy (non-hydrogen) atoms. The second-order valence-electron chi connectivity index (χ2n) is 5.55. The second-order valence-corrected chi connectivity index (χ2v) is 7.39. The van der Waals surface area contributed by atoms with Crippen molar-refractivity contribution in [3.63, 3.8) is 0 Å². The number of aromatic nitrogens is 4. The van der Waals surface area contributed by atoms with Gasteiger partial charge in [0, 0.05) is 18.5 Å². The molecule has 0 radical (unpaired) electrons. The summed E-state index contributed by atoms with van der Waals surface area (Å²) in [6.45, 7) is 4.43. The van der Waals surface area contributed by atoms with Gasteiger partial charge in [-0.1, -0.05) is 0 Å². The van der Waals surface area contributed by atoms with Crippen molar-refractivity contribution in [3.05, 3.63) is 18.0 Å². The molecule has 0 aromatic carbocycles. The average Bonchev–Trinajstić information content (AvgIpc) is 3.10. The molecule has 0 aliphatic carbocycles. The van der Waals surface area contributed by atoms with Crippen LogP contribution in [0.4, 0.5) is 0 Å². The zero-order valence-electron chi connectivity index (χ0n) is 13.6. The zero-order chi connectivity index (χ0) is 17.5. The summed E-state index contributed by atoms with van der Waals surface area (Å²) in [6.07, 6.45) is 4.42. The lowest BCUT2D eigenvalue weighted by atomic mass is 10.1. The molecular formula is C14H18N4O5S. The molecule has 0 spiro atoms. The summed E-state index contributed by atoms with van der Waals surface area (Å²) >= 11 is 0. The Morgan fingerprint density at radius 3 is 2.88 bits per heavy atom. The van der Waals surface area contributed by atoms with Gasteiger partial charge in [-0.3, -0.25) is 0 Å². The Bertz CT molecular complexity index is 883. The first-order valence-electron chi connectivity index (χ1n) is 7.51. The Balaban J connectivity index is 2.13. The predicted molar refractivity (Wildman–Crippen MR) is 84.4 cm³/mol. The largest absolute Gasteiger partial charge is 0.474 e. The molecule has 1 atom stereocenters. The summed E-state index contributed by atoms with van der Waals surface area (Å²) in [4.78, 5) is 12.4. The summed E-state index contributed by atoms with van der Waals surface area (Å²) in [6, 6.07) is 0. The zero-order valence-corrected chi connectivity index (χ0v) is 14.4. The van der Waals surface area contributed by atoms with Crippen LogP contribution in [0.3, 0.4) is 0 Å². The molecule has 0 saturated carbocycles. The third kappa shape index (κ3) is 2.88. The Morgan fingerprint density at radius 2 is 2.25 bits per heavy atom. The highest BCUT2D eigenvalue weighted by Gasteiger charge is 2.31. The molecule has 0 bridgehead atoms. The van der Waals surface area contributed by atoms with Crippen LogP contribution in [-0.4, -0.2) is 52.3 Å². The molecule has 0 unspecified atom stereocenters. The maximum Gasteiger partial charge on any atom is 0.345 e. The lowest BCUT2D eigenvalue weighted by molar-refractivity contribution is 0.0515. The van der Waals surface area contributed by atoms with Crippen molar-refractivity contribution in [2.45, 2.75) is 32.9 Å². The van der Waals surface area contributed by atoms with Crippen LogP contribution in [0.1, 0.15) is 30.6 Å². The maximum absolute atomic E-state index is 12.4. The van der Waals surface area contributed by atoms with Crippen LogP contribution in [0.25, 0.3) is 11.3 Å². The highest BCUT2D eigenvalue weighted by atomic mass is 32.2. The van der Waals surface area contributed by atoms with E-state index in [0.717, 1.165) is 16.8 Å². The van der Waals surface area contributed by atoms with Gasteiger partial charge in [0.25, 0.3) is 10.0 Å². The van der Waals surface area contributed by atoms with Gasteiger partial charge in [0.1, 0.15) is 11.3 Å². The first-order valence-corrected chi connectivity index (χ1v) is 9.36. The number of nitrogens with zero attached hydrogens (tertiary/aromatic N) is 4. The smallest absolute Gasteiger partial charge is 0.345 e. The van der Waals surface area contributed by atoms with Crippen LogP contribution >= 0.6 is 0 Å². The van der Waals surface area contributed by atoms with Gasteiger partial charge in [0.15, 0.2) is 0 Å². The number of aryl methyl sites for hydroxylation is 1. The highest BCUT2D eigenvalue weighted by Crippen LogP contribution is 2.34. The molecule has 1 aliphatic rings. The summed E-state index contributed by atoms with van der Waals surface area (Å²) in [5.41, 5.74) is 0.894. The fourth-order valence-corrected chi connectivity index (χ4v) is 2.99. The number of fused-ring (bicyclic) bond motifs is 1. The van der Waals surface area contributed by atoms with Gasteiger partial charge in [-0.2, -0.15) is 14.3 Å². The van der Waals surface area contributed by atoms with Crippen molar-refractivity contribution in [2.24, 2.45) is 0 Å². The minimum atomic E-state index is -3.52. The average molecular weight is 354 g/mol. The number of hydrogen-bond donors (Lipinski definition) is 0. The second kappa shape index (κ2) is 5.93. The Hall–Kier alpha value is -2.36. The van der Waals surface area contributed by atoms with Crippen molar-refractivity contribution < 1.29 is 22.7 Å². The van der Waals surface area contributed by atoms with E-state index in [4.69, 9.17) is 9.47 Å². The molecular weight excluding hydrogens is 336 g/mol. The monoisotopic (exact) mass is 354 g/mol. The minimum Gasteiger partial charge on any atom is -0.474 e. The minimum absolute atomic E-state index is 0.0473. The number of carbonyl (C=O) groups is 1. The number of carbonyl (C=O) groups excluding carboxylic acids is 1. The molecule has 0 N–H and O–H groups in total. The Labute approximate surface area is 139 Å². The Morgan fingerprint density at radius 1 is 1.50 bits per heavy atom. The van der Waals surface area contributed by atoms with Crippen LogP contribution in [0.15, 0.2) is 12.4 Å². The maximum atomic E-state index is 12.4. The molecule has 2 aromatic rings. The van der Waals surface area contributed by atoms with Gasteiger partial charge < -0.3 is 9.47 Å². The van der Waals surface area contributed by atoms with Crippen LogP contribution in [0.2, 0.25) is 0 Å². The lowest BCUT2D eigenvalue weighted by Crippen LogP contribution is -2.24. The molecule has 10 heteroatoms. The third-order valence-corrected chi connectivity index (χ3v) is 4.50. The molecule has 0 amide bonds. The van der Waals surface area contributed by atoms with E-state index in [-0.39, 0.29) is 18.3 Å². The molecule has 130 valence electrons. The summed E-state index contributed by atoms with van der Waals surface area (Å²) in [5, 5.41) is 8.21. The lowest BCUT2D eigenvalue weighted by Gasteiger charge is -2.21.